The fourth-order valence-corrected chi connectivity index (χ4v) is 2.58. The summed E-state index contributed by atoms with van der Waals surface area (Å²) < 4.78 is 53.7. The average molecular weight is 306 g/mol. The maximum Gasteiger partial charge on any atom is 0.306 e. The fourth-order valence-electron chi connectivity index (χ4n) is 1.40. The van der Waals surface area contributed by atoms with Gasteiger partial charge in [-0.3, -0.25) is 9.59 Å². The van der Waals surface area contributed by atoms with Crippen LogP contribution in [-0.4, -0.2) is 38.8 Å². The Bertz CT molecular complexity index is 625. The molecule has 0 saturated carbocycles. The van der Waals surface area contributed by atoms with Gasteiger partial charge in [0.1, 0.15) is 17.4 Å². The number of Topliss-reactive ketones (excluding diaryl/α,β-unsaturated/α-hetero) is 1. The molecule has 0 heterocycles. The Kier molecular flexibility index (Phi) is 5.32. The van der Waals surface area contributed by atoms with Gasteiger partial charge >= 0.3 is 5.97 Å². The highest BCUT2D eigenvalue weighted by atomic mass is 32.2. The average Bonchev–Trinajstić information content (AvgIpc) is 2.38. The van der Waals surface area contributed by atoms with Gasteiger partial charge in [0, 0.05) is 0 Å². The highest BCUT2D eigenvalue weighted by Gasteiger charge is 2.22. The SMILES string of the molecule is COC(=O)CCS(=O)(=O)CC(=O)c1cc(F)ccc1F. The van der Waals surface area contributed by atoms with E-state index in [1.807, 2.05) is 0 Å². The summed E-state index contributed by atoms with van der Waals surface area (Å²) in [6.45, 7) is 0. The van der Waals surface area contributed by atoms with Crippen molar-refractivity contribution in [2.45, 2.75) is 6.42 Å². The number of carbonyl (C=O) groups is 2. The van der Waals surface area contributed by atoms with Crippen LogP contribution in [0, 0.1) is 11.6 Å². The Labute approximate surface area is 114 Å². The molecule has 0 amide bonds. The summed E-state index contributed by atoms with van der Waals surface area (Å²) in [4.78, 5) is 22.5. The number of ketones is 1. The van der Waals surface area contributed by atoms with Gasteiger partial charge in [-0.2, -0.15) is 0 Å². The summed E-state index contributed by atoms with van der Waals surface area (Å²) in [5.74, 6) is -5.24. The van der Waals surface area contributed by atoms with Crippen molar-refractivity contribution in [1.29, 1.82) is 0 Å². The van der Waals surface area contributed by atoms with Gasteiger partial charge in [-0.25, -0.2) is 17.2 Å². The molecule has 0 N–H and O–H groups in total. The number of halogens is 2. The van der Waals surface area contributed by atoms with E-state index in [9.17, 15) is 26.8 Å². The van der Waals surface area contributed by atoms with Gasteiger partial charge in [-0.05, 0) is 18.2 Å². The number of rotatable bonds is 6. The maximum absolute atomic E-state index is 13.3. The van der Waals surface area contributed by atoms with Crippen molar-refractivity contribution in [2.24, 2.45) is 0 Å². The number of esters is 1. The molecule has 110 valence electrons. The summed E-state index contributed by atoms with van der Waals surface area (Å²) in [5.41, 5.74) is -0.633. The zero-order valence-electron chi connectivity index (χ0n) is 10.6. The van der Waals surface area contributed by atoms with Crippen LogP contribution < -0.4 is 0 Å². The van der Waals surface area contributed by atoms with Crippen LogP contribution in [0.1, 0.15) is 16.8 Å². The van der Waals surface area contributed by atoms with E-state index >= 15 is 0 Å². The first-order chi connectivity index (χ1) is 9.25. The molecule has 1 aromatic rings. The van der Waals surface area contributed by atoms with Crippen LogP contribution in [0.3, 0.4) is 0 Å². The quantitative estimate of drug-likeness (QED) is 0.581. The minimum absolute atomic E-state index is 0.405. The van der Waals surface area contributed by atoms with Gasteiger partial charge in [-0.15, -0.1) is 0 Å². The zero-order chi connectivity index (χ0) is 15.3. The highest BCUT2D eigenvalue weighted by molar-refractivity contribution is 7.92. The normalized spacial score (nSPS) is 11.2. The Balaban J connectivity index is 2.79. The minimum Gasteiger partial charge on any atom is -0.469 e. The monoisotopic (exact) mass is 306 g/mol. The van der Waals surface area contributed by atoms with Crippen LogP contribution in [0.2, 0.25) is 0 Å². The van der Waals surface area contributed by atoms with Gasteiger partial charge in [0.25, 0.3) is 0 Å². The molecule has 1 rings (SSSR count). The Morgan fingerprint density at radius 3 is 2.50 bits per heavy atom. The lowest BCUT2D eigenvalue weighted by Crippen LogP contribution is -2.21. The lowest BCUT2D eigenvalue weighted by atomic mass is 10.1. The van der Waals surface area contributed by atoms with E-state index in [1.165, 1.54) is 0 Å². The van der Waals surface area contributed by atoms with E-state index in [-0.39, 0.29) is 0 Å². The Morgan fingerprint density at radius 2 is 1.90 bits per heavy atom. The Hall–Kier alpha value is -1.83. The van der Waals surface area contributed by atoms with Gasteiger partial charge in [0.05, 0.1) is 24.8 Å². The Morgan fingerprint density at radius 1 is 1.25 bits per heavy atom. The van der Waals surface area contributed by atoms with Crippen LogP contribution in [0.4, 0.5) is 8.78 Å². The molecule has 0 aliphatic heterocycles. The summed E-state index contributed by atoms with van der Waals surface area (Å²) in [6.07, 6.45) is -0.405. The number of methoxy groups -OCH3 is 1. The van der Waals surface area contributed by atoms with E-state index in [4.69, 9.17) is 0 Å². The summed E-state index contributed by atoms with van der Waals surface area (Å²) in [5, 5.41) is 0. The molecule has 0 unspecified atom stereocenters. The van der Waals surface area contributed by atoms with Crippen LogP contribution >= 0.6 is 0 Å². The predicted octanol–water partition coefficient (Wildman–Crippen LogP) is 1.13. The molecule has 0 bridgehead atoms. The minimum atomic E-state index is -3.90. The molecule has 0 aliphatic carbocycles. The van der Waals surface area contributed by atoms with E-state index < -0.39 is 56.7 Å². The molecule has 0 fully saturated rings. The number of hydrogen-bond donors (Lipinski definition) is 0. The number of carbonyl (C=O) groups excluding carboxylic acids is 2. The summed E-state index contributed by atoms with van der Waals surface area (Å²) in [7, 11) is -2.80. The van der Waals surface area contributed by atoms with Crippen molar-refractivity contribution in [3.63, 3.8) is 0 Å². The second-order valence-corrected chi connectivity index (χ2v) is 6.15. The first kappa shape index (κ1) is 16.2. The van der Waals surface area contributed by atoms with E-state index in [0.717, 1.165) is 19.2 Å². The van der Waals surface area contributed by atoms with E-state index in [1.54, 1.807) is 0 Å². The smallest absolute Gasteiger partial charge is 0.306 e. The second kappa shape index (κ2) is 6.56. The van der Waals surface area contributed by atoms with Crippen LogP contribution in [0.15, 0.2) is 18.2 Å². The zero-order valence-corrected chi connectivity index (χ0v) is 11.4. The summed E-state index contributed by atoms with van der Waals surface area (Å²) >= 11 is 0. The molecule has 0 aromatic heterocycles. The third kappa shape index (κ3) is 4.69. The highest BCUT2D eigenvalue weighted by Crippen LogP contribution is 2.12. The molecule has 5 nitrogen and oxygen atoms in total. The molecular weight excluding hydrogens is 294 g/mol. The molecule has 0 atom stereocenters. The predicted molar refractivity (Wildman–Crippen MR) is 66.0 cm³/mol. The first-order valence-electron chi connectivity index (χ1n) is 5.50. The van der Waals surface area contributed by atoms with Crippen molar-refractivity contribution in [1.82, 2.24) is 0 Å². The van der Waals surface area contributed by atoms with Crippen molar-refractivity contribution in [2.75, 3.05) is 18.6 Å². The van der Waals surface area contributed by atoms with Crippen LogP contribution in [0.5, 0.6) is 0 Å². The molecule has 20 heavy (non-hydrogen) atoms. The van der Waals surface area contributed by atoms with Gasteiger partial charge in [0.2, 0.25) is 0 Å². The van der Waals surface area contributed by atoms with Crippen molar-refractivity contribution in [3.05, 3.63) is 35.4 Å². The number of ether oxygens (including phenoxy) is 1. The second-order valence-electron chi connectivity index (χ2n) is 3.97. The van der Waals surface area contributed by atoms with Crippen molar-refractivity contribution in [3.8, 4) is 0 Å². The topological polar surface area (TPSA) is 77.5 Å². The van der Waals surface area contributed by atoms with E-state index in [2.05, 4.69) is 4.74 Å². The maximum atomic E-state index is 13.3. The molecule has 0 radical (unpaired) electrons. The first-order valence-corrected chi connectivity index (χ1v) is 7.33. The van der Waals surface area contributed by atoms with Crippen LogP contribution in [0.25, 0.3) is 0 Å². The third-order valence-electron chi connectivity index (χ3n) is 2.42. The molecule has 0 saturated heterocycles. The molecule has 0 spiro atoms. The van der Waals surface area contributed by atoms with E-state index in [0.29, 0.717) is 6.07 Å². The molecular formula is C12H12F2O5S. The molecule has 0 aliphatic rings. The van der Waals surface area contributed by atoms with Crippen molar-refractivity contribution < 1.29 is 31.5 Å². The van der Waals surface area contributed by atoms with Gasteiger partial charge in [-0.1, -0.05) is 0 Å². The lowest BCUT2D eigenvalue weighted by molar-refractivity contribution is -0.140. The molecule has 8 heteroatoms. The van der Waals surface area contributed by atoms with Crippen molar-refractivity contribution >= 4 is 21.6 Å². The lowest BCUT2D eigenvalue weighted by Gasteiger charge is -2.04. The number of hydrogen-bond acceptors (Lipinski definition) is 5. The third-order valence-corrected chi connectivity index (χ3v) is 3.95. The molecule has 1 aromatic carbocycles. The van der Waals surface area contributed by atoms with Crippen LogP contribution in [-0.2, 0) is 19.4 Å². The number of sulfone groups is 1. The largest absolute Gasteiger partial charge is 0.469 e. The van der Waals surface area contributed by atoms with Gasteiger partial charge < -0.3 is 4.74 Å². The van der Waals surface area contributed by atoms with Gasteiger partial charge in [0.15, 0.2) is 15.6 Å². The standard InChI is InChI=1S/C12H12F2O5S/c1-19-12(16)4-5-20(17,18)7-11(15)9-6-8(13)2-3-10(9)14/h2-3,6H,4-5,7H2,1H3. The number of benzene rings is 1. The fraction of sp³-hybridized carbons (Fsp3) is 0.333. The summed E-state index contributed by atoms with van der Waals surface area (Å²) in [6, 6.07) is 2.19.